The maximum atomic E-state index is 5.90. The molecule has 0 aliphatic carbocycles. The molecular weight excluding hydrogens is 278 g/mol. The molecule has 2 aromatic heterocycles. The topological polar surface area (TPSA) is 98.9 Å². The Morgan fingerprint density at radius 2 is 1.82 bits per heavy atom. The summed E-state index contributed by atoms with van der Waals surface area (Å²) in [5.41, 5.74) is 13.7. The van der Waals surface area contributed by atoms with Crippen molar-refractivity contribution >= 4 is 11.8 Å². The maximum Gasteiger partial charge on any atom is 0.222 e. The van der Waals surface area contributed by atoms with E-state index in [-0.39, 0.29) is 0 Å². The quantitative estimate of drug-likeness (QED) is 0.860. The number of rotatable bonds is 2. The molecule has 0 amide bonds. The Labute approximate surface area is 130 Å². The van der Waals surface area contributed by atoms with Crippen LogP contribution in [0.3, 0.4) is 0 Å². The Kier molecular flexibility index (Phi) is 4.24. The molecule has 1 fully saturated rings. The number of nitrogens with two attached hydrogens (primary N) is 2. The summed E-state index contributed by atoms with van der Waals surface area (Å²) < 4.78 is 2.07. The Morgan fingerprint density at radius 3 is 2.59 bits per heavy atom. The number of nitrogens with zero attached hydrogens (tertiary/aromatic N) is 5. The molecule has 4 N–H and O–H groups in total. The molecule has 0 saturated carbocycles. The minimum Gasteiger partial charge on any atom is -0.368 e. The van der Waals surface area contributed by atoms with Gasteiger partial charge in [0.15, 0.2) is 0 Å². The highest BCUT2D eigenvalue weighted by atomic mass is 15.3. The smallest absolute Gasteiger partial charge is 0.222 e. The van der Waals surface area contributed by atoms with Crippen LogP contribution in [0.15, 0.2) is 12.3 Å². The molecule has 22 heavy (non-hydrogen) atoms. The molecule has 2 aromatic rings. The van der Waals surface area contributed by atoms with Crippen LogP contribution >= 0.6 is 0 Å². The molecule has 4 heterocycles. The van der Waals surface area contributed by atoms with Crippen molar-refractivity contribution in [1.82, 2.24) is 19.7 Å². The number of aryl methyl sites for hydroxylation is 1. The van der Waals surface area contributed by atoms with E-state index in [2.05, 4.69) is 36.4 Å². The van der Waals surface area contributed by atoms with Gasteiger partial charge < -0.3 is 16.4 Å². The van der Waals surface area contributed by atoms with Crippen LogP contribution in [0.4, 0.5) is 11.8 Å². The van der Waals surface area contributed by atoms with Crippen LogP contribution in [0.5, 0.6) is 0 Å². The second-order valence-electron chi connectivity index (χ2n) is 5.50. The zero-order chi connectivity index (χ0) is 15.5. The first kappa shape index (κ1) is 14.8. The van der Waals surface area contributed by atoms with Crippen molar-refractivity contribution in [3.63, 3.8) is 0 Å². The van der Waals surface area contributed by atoms with E-state index in [1.54, 1.807) is 0 Å². The lowest BCUT2D eigenvalue weighted by molar-refractivity contribution is 0.656. The van der Waals surface area contributed by atoms with E-state index in [0.29, 0.717) is 5.95 Å². The lowest BCUT2D eigenvalue weighted by Crippen LogP contribution is -2.19. The van der Waals surface area contributed by atoms with Crippen LogP contribution in [-0.4, -0.2) is 39.9 Å². The molecule has 4 rings (SSSR count). The molecule has 2 aliphatic rings. The summed E-state index contributed by atoms with van der Waals surface area (Å²) in [6.07, 6.45) is 6.59. The van der Waals surface area contributed by atoms with E-state index in [1.807, 2.05) is 6.20 Å². The molecule has 0 aromatic carbocycles. The first-order valence-corrected chi connectivity index (χ1v) is 7.83. The van der Waals surface area contributed by atoms with Crippen LogP contribution < -0.4 is 16.4 Å². The largest absolute Gasteiger partial charge is 0.368 e. The van der Waals surface area contributed by atoms with Gasteiger partial charge in [0.25, 0.3) is 0 Å². The average Bonchev–Trinajstić information content (AvgIpc) is 3.26. The lowest BCUT2D eigenvalue weighted by atomic mass is 10.1. The van der Waals surface area contributed by atoms with Gasteiger partial charge in [-0.25, -0.2) is 4.98 Å². The molecule has 2 aliphatic heterocycles. The van der Waals surface area contributed by atoms with Gasteiger partial charge >= 0.3 is 0 Å². The maximum absolute atomic E-state index is 5.90. The molecule has 7 nitrogen and oxygen atoms in total. The normalized spacial score (nSPS) is 16.4. The van der Waals surface area contributed by atoms with Gasteiger partial charge in [-0.2, -0.15) is 10.1 Å². The fraction of sp³-hybridized carbons (Fsp3) is 0.533. The lowest BCUT2D eigenvalue weighted by Gasteiger charge is -2.17. The molecule has 0 unspecified atom stereocenters. The van der Waals surface area contributed by atoms with Crippen LogP contribution in [0, 0.1) is 0 Å². The standard InChI is InChI=1S/C14H18N6.CH5N/c15-14-17-11(8-13(18-14)19-5-1-2-6-19)10-9-16-20-7-3-4-12(10)20;1-2/h8-9H,1-7H2,(H2,15,17,18);2H2,1H3. The summed E-state index contributed by atoms with van der Waals surface area (Å²) in [7, 11) is 1.50. The van der Waals surface area contributed by atoms with Crippen molar-refractivity contribution in [1.29, 1.82) is 0 Å². The second-order valence-corrected chi connectivity index (χ2v) is 5.50. The molecule has 0 spiro atoms. The van der Waals surface area contributed by atoms with Gasteiger partial charge in [-0.1, -0.05) is 0 Å². The summed E-state index contributed by atoms with van der Waals surface area (Å²) in [6.45, 7) is 3.12. The molecule has 118 valence electrons. The van der Waals surface area contributed by atoms with Crippen molar-refractivity contribution in [3.05, 3.63) is 18.0 Å². The summed E-state index contributed by atoms with van der Waals surface area (Å²) in [4.78, 5) is 11.1. The van der Waals surface area contributed by atoms with Crippen molar-refractivity contribution in [2.24, 2.45) is 5.73 Å². The second kappa shape index (κ2) is 6.31. The van der Waals surface area contributed by atoms with Gasteiger partial charge in [-0.05, 0) is 32.7 Å². The molecule has 0 atom stereocenters. The average molecular weight is 301 g/mol. The highest BCUT2D eigenvalue weighted by Crippen LogP contribution is 2.30. The third-order valence-corrected chi connectivity index (χ3v) is 4.17. The van der Waals surface area contributed by atoms with Gasteiger partial charge in [0.2, 0.25) is 5.95 Å². The van der Waals surface area contributed by atoms with Crippen LogP contribution in [0.25, 0.3) is 11.3 Å². The number of hydrogen-bond donors (Lipinski definition) is 2. The van der Waals surface area contributed by atoms with E-state index < -0.39 is 0 Å². The fourth-order valence-corrected chi connectivity index (χ4v) is 3.18. The van der Waals surface area contributed by atoms with E-state index >= 15 is 0 Å². The number of anilines is 2. The van der Waals surface area contributed by atoms with Gasteiger partial charge in [0.1, 0.15) is 5.82 Å². The third kappa shape index (κ3) is 2.64. The minimum atomic E-state index is 0.349. The molecule has 0 bridgehead atoms. The monoisotopic (exact) mass is 301 g/mol. The van der Waals surface area contributed by atoms with E-state index in [1.165, 1.54) is 25.6 Å². The summed E-state index contributed by atoms with van der Waals surface area (Å²) >= 11 is 0. The molecule has 1 saturated heterocycles. The van der Waals surface area contributed by atoms with E-state index in [4.69, 9.17) is 5.73 Å². The highest BCUT2D eigenvalue weighted by molar-refractivity contribution is 5.66. The minimum absolute atomic E-state index is 0.349. The first-order chi connectivity index (χ1) is 10.8. The summed E-state index contributed by atoms with van der Waals surface area (Å²) in [5.74, 6) is 1.30. The summed E-state index contributed by atoms with van der Waals surface area (Å²) in [5, 5.41) is 4.43. The van der Waals surface area contributed by atoms with Crippen molar-refractivity contribution < 1.29 is 0 Å². The first-order valence-electron chi connectivity index (χ1n) is 7.83. The van der Waals surface area contributed by atoms with Crippen LogP contribution in [-0.2, 0) is 13.0 Å². The number of fused-ring (bicyclic) bond motifs is 1. The molecule has 7 heteroatoms. The number of aromatic nitrogens is 4. The van der Waals surface area contributed by atoms with Crippen molar-refractivity contribution in [2.75, 3.05) is 30.8 Å². The predicted molar refractivity (Wildman–Crippen MR) is 87.5 cm³/mol. The third-order valence-electron chi connectivity index (χ3n) is 4.17. The Balaban J connectivity index is 0.000000693. The zero-order valence-electron chi connectivity index (χ0n) is 13.0. The van der Waals surface area contributed by atoms with Crippen LogP contribution in [0.1, 0.15) is 25.0 Å². The van der Waals surface area contributed by atoms with Gasteiger partial charge in [-0.3, -0.25) is 4.68 Å². The van der Waals surface area contributed by atoms with Gasteiger partial charge in [-0.15, -0.1) is 0 Å². The Hall–Kier alpha value is -2.15. The van der Waals surface area contributed by atoms with Gasteiger partial charge in [0, 0.05) is 37.0 Å². The molecular formula is C15H23N7. The SMILES string of the molecule is CN.Nc1nc(-c2cnn3c2CCC3)cc(N2CCCC2)n1. The summed E-state index contributed by atoms with van der Waals surface area (Å²) in [6, 6.07) is 2.05. The Morgan fingerprint density at radius 1 is 1.05 bits per heavy atom. The Bertz CT molecular complexity index is 643. The molecule has 0 radical (unpaired) electrons. The van der Waals surface area contributed by atoms with Crippen molar-refractivity contribution in [2.45, 2.75) is 32.2 Å². The van der Waals surface area contributed by atoms with E-state index in [9.17, 15) is 0 Å². The number of nitrogen functional groups attached to an aromatic ring is 1. The van der Waals surface area contributed by atoms with Gasteiger partial charge in [0.05, 0.1) is 11.9 Å². The number of hydrogen-bond acceptors (Lipinski definition) is 6. The highest BCUT2D eigenvalue weighted by Gasteiger charge is 2.21. The predicted octanol–water partition coefficient (Wildman–Crippen LogP) is 1.04. The zero-order valence-corrected chi connectivity index (χ0v) is 13.0. The van der Waals surface area contributed by atoms with Crippen LogP contribution in [0.2, 0.25) is 0 Å². The van der Waals surface area contributed by atoms with Crippen molar-refractivity contribution in [3.8, 4) is 11.3 Å². The fourth-order valence-electron chi connectivity index (χ4n) is 3.18. The van der Waals surface area contributed by atoms with E-state index in [0.717, 1.165) is 49.6 Å².